The predicted molar refractivity (Wildman–Crippen MR) is 55.9 cm³/mol. The van der Waals surface area contributed by atoms with Gasteiger partial charge in [0.1, 0.15) is 6.17 Å². The van der Waals surface area contributed by atoms with Crippen molar-refractivity contribution in [2.24, 2.45) is 0 Å². The maximum atomic E-state index is 11.4. The van der Waals surface area contributed by atoms with E-state index >= 15 is 0 Å². The van der Waals surface area contributed by atoms with Crippen LogP contribution in [0.1, 0.15) is 32.6 Å². The first-order valence-corrected chi connectivity index (χ1v) is 5.49. The summed E-state index contributed by atoms with van der Waals surface area (Å²) < 4.78 is 0. The quantitative estimate of drug-likeness (QED) is 0.621. The lowest BCUT2D eigenvalue weighted by Gasteiger charge is -2.23. The Labute approximate surface area is 85.8 Å². The van der Waals surface area contributed by atoms with Crippen LogP contribution in [0.4, 0.5) is 0 Å². The fourth-order valence-electron chi connectivity index (χ4n) is 1.49. The van der Waals surface area contributed by atoms with E-state index in [-0.39, 0.29) is 12.1 Å². The number of unbranched alkanes of at least 4 members (excludes halogenated alkanes) is 2. The highest BCUT2D eigenvalue weighted by Crippen LogP contribution is 1.98. The summed E-state index contributed by atoms with van der Waals surface area (Å²) in [6.45, 7) is 4.65. The Morgan fingerprint density at radius 3 is 3.07 bits per heavy atom. The van der Waals surface area contributed by atoms with E-state index in [4.69, 9.17) is 0 Å². The molecule has 1 rings (SSSR count). The van der Waals surface area contributed by atoms with Crippen LogP contribution in [0.3, 0.4) is 0 Å². The van der Waals surface area contributed by atoms with E-state index in [9.17, 15) is 4.79 Å². The summed E-state index contributed by atoms with van der Waals surface area (Å²) in [6.07, 6.45) is 3.91. The van der Waals surface area contributed by atoms with Crippen molar-refractivity contribution in [1.82, 2.24) is 16.0 Å². The second-order valence-electron chi connectivity index (χ2n) is 3.65. The van der Waals surface area contributed by atoms with Gasteiger partial charge in [-0.1, -0.05) is 19.8 Å². The number of carbonyl (C=O) groups excluding carboxylic acids is 1. The summed E-state index contributed by atoms with van der Waals surface area (Å²) in [5, 5.41) is 10.4. The first-order valence-electron chi connectivity index (χ1n) is 5.49. The maximum Gasteiger partial charge on any atom is 0.221 e. The van der Waals surface area contributed by atoms with Crippen molar-refractivity contribution < 1.29 is 4.79 Å². The molecule has 0 saturated carbocycles. The molecular weight excluding hydrogens is 178 g/mol. The molecule has 1 aliphatic heterocycles. The minimum Gasteiger partial charge on any atom is -0.338 e. The average Bonchev–Trinajstić information content (AvgIpc) is 2.20. The second kappa shape index (κ2) is 6.79. The Kier molecular flexibility index (Phi) is 5.56. The lowest BCUT2D eigenvalue weighted by Crippen LogP contribution is -2.53. The molecule has 4 heteroatoms. The highest BCUT2D eigenvalue weighted by Gasteiger charge is 2.14. The molecule has 1 unspecified atom stereocenters. The third kappa shape index (κ3) is 4.58. The van der Waals surface area contributed by atoms with Crippen LogP contribution in [0.2, 0.25) is 0 Å². The minimum absolute atomic E-state index is 0.00197. The summed E-state index contributed by atoms with van der Waals surface area (Å²) in [7, 11) is 0. The van der Waals surface area contributed by atoms with E-state index in [1.807, 2.05) is 0 Å². The van der Waals surface area contributed by atoms with Crippen molar-refractivity contribution in [1.29, 1.82) is 0 Å². The average molecular weight is 198 g/mol. The van der Waals surface area contributed by atoms with Crippen LogP contribution >= 0.6 is 0 Å². The Bertz CT molecular complexity index is 167. The molecule has 1 radical (unpaired) electrons. The molecule has 1 saturated heterocycles. The van der Waals surface area contributed by atoms with Gasteiger partial charge in [0.25, 0.3) is 0 Å². The Morgan fingerprint density at radius 2 is 2.43 bits per heavy atom. The van der Waals surface area contributed by atoms with Gasteiger partial charge in [-0.2, -0.15) is 0 Å². The number of amides is 1. The summed E-state index contributed by atoms with van der Waals surface area (Å²) in [4.78, 5) is 11.4. The fraction of sp³-hybridized carbons (Fsp3) is 0.900. The van der Waals surface area contributed by atoms with Crippen molar-refractivity contribution in [3.63, 3.8) is 0 Å². The van der Waals surface area contributed by atoms with E-state index in [1.54, 1.807) is 0 Å². The number of piperazine rings is 1. The van der Waals surface area contributed by atoms with Gasteiger partial charge in [0, 0.05) is 26.1 Å². The van der Waals surface area contributed by atoms with Gasteiger partial charge in [-0.05, 0) is 6.42 Å². The molecule has 1 heterocycles. The van der Waals surface area contributed by atoms with E-state index in [0.717, 1.165) is 38.9 Å². The summed E-state index contributed by atoms with van der Waals surface area (Å²) in [6, 6.07) is 0. The standard InChI is InChI=1S/C10H20N3O/c1-2-3-4-5-10(14)13-9-8-11-6-7-12-9/h9,11H,2-8H2,1H3,(H,13,14). The first-order chi connectivity index (χ1) is 6.83. The van der Waals surface area contributed by atoms with Crippen LogP contribution in [0.25, 0.3) is 0 Å². The van der Waals surface area contributed by atoms with E-state index in [0.29, 0.717) is 6.42 Å². The van der Waals surface area contributed by atoms with Crippen LogP contribution in [0.15, 0.2) is 0 Å². The number of nitrogens with one attached hydrogen (secondary N) is 2. The lowest BCUT2D eigenvalue weighted by atomic mass is 10.2. The number of hydrogen-bond donors (Lipinski definition) is 2. The zero-order valence-corrected chi connectivity index (χ0v) is 8.88. The molecule has 1 atom stereocenters. The zero-order valence-electron chi connectivity index (χ0n) is 8.88. The van der Waals surface area contributed by atoms with Crippen LogP contribution in [-0.2, 0) is 4.79 Å². The highest BCUT2D eigenvalue weighted by molar-refractivity contribution is 5.76. The normalized spacial score (nSPS) is 21.9. The number of carbonyl (C=O) groups is 1. The van der Waals surface area contributed by atoms with Crippen molar-refractivity contribution >= 4 is 5.91 Å². The summed E-state index contributed by atoms with van der Waals surface area (Å²) in [5.74, 6) is 0.135. The first kappa shape index (κ1) is 11.5. The van der Waals surface area contributed by atoms with Gasteiger partial charge in [-0.3, -0.25) is 4.79 Å². The number of hydrogen-bond acceptors (Lipinski definition) is 2. The van der Waals surface area contributed by atoms with E-state index in [2.05, 4.69) is 22.9 Å². The summed E-state index contributed by atoms with van der Waals surface area (Å²) in [5.41, 5.74) is 0. The van der Waals surface area contributed by atoms with Gasteiger partial charge in [0.2, 0.25) is 5.91 Å². The minimum atomic E-state index is -0.00197. The monoisotopic (exact) mass is 198 g/mol. The van der Waals surface area contributed by atoms with Crippen molar-refractivity contribution in [3.05, 3.63) is 0 Å². The Balaban J connectivity index is 2.06. The Morgan fingerprint density at radius 1 is 1.57 bits per heavy atom. The van der Waals surface area contributed by atoms with Crippen molar-refractivity contribution in [2.45, 2.75) is 38.8 Å². The fourth-order valence-corrected chi connectivity index (χ4v) is 1.49. The topological polar surface area (TPSA) is 55.2 Å². The van der Waals surface area contributed by atoms with Crippen LogP contribution in [0.5, 0.6) is 0 Å². The number of nitrogens with zero attached hydrogens (tertiary/aromatic N) is 1. The van der Waals surface area contributed by atoms with Crippen molar-refractivity contribution in [2.75, 3.05) is 19.6 Å². The molecule has 14 heavy (non-hydrogen) atoms. The van der Waals surface area contributed by atoms with Gasteiger partial charge < -0.3 is 10.6 Å². The van der Waals surface area contributed by atoms with Crippen LogP contribution in [0, 0.1) is 0 Å². The molecule has 4 nitrogen and oxygen atoms in total. The van der Waals surface area contributed by atoms with Gasteiger partial charge in [0.15, 0.2) is 0 Å². The van der Waals surface area contributed by atoms with E-state index in [1.165, 1.54) is 0 Å². The molecular formula is C10H20N3O. The molecule has 0 aromatic carbocycles. The molecule has 0 aliphatic carbocycles. The van der Waals surface area contributed by atoms with Crippen LogP contribution < -0.4 is 16.0 Å². The van der Waals surface area contributed by atoms with Gasteiger partial charge in [-0.15, -0.1) is 0 Å². The maximum absolute atomic E-state index is 11.4. The van der Waals surface area contributed by atoms with E-state index < -0.39 is 0 Å². The molecule has 1 aliphatic rings. The highest BCUT2D eigenvalue weighted by atomic mass is 16.1. The van der Waals surface area contributed by atoms with Gasteiger partial charge in [0.05, 0.1) is 0 Å². The molecule has 0 spiro atoms. The third-order valence-corrected chi connectivity index (χ3v) is 2.31. The molecule has 81 valence electrons. The van der Waals surface area contributed by atoms with Gasteiger partial charge >= 0.3 is 0 Å². The molecule has 0 aromatic rings. The van der Waals surface area contributed by atoms with Crippen LogP contribution in [-0.4, -0.2) is 31.7 Å². The third-order valence-electron chi connectivity index (χ3n) is 2.31. The molecule has 1 amide bonds. The largest absolute Gasteiger partial charge is 0.338 e. The predicted octanol–water partition coefficient (Wildman–Crippen LogP) is 0.217. The second-order valence-corrected chi connectivity index (χ2v) is 3.65. The number of rotatable bonds is 5. The SMILES string of the molecule is CCCCCC(=O)NC1CNCC[N]1. The molecule has 0 bridgehead atoms. The molecule has 1 fully saturated rings. The molecule has 0 aromatic heterocycles. The zero-order chi connectivity index (χ0) is 10.2. The van der Waals surface area contributed by atoms with Crippen molar-refractivity contribution in [3.8, 4) is 0 Å². The lowest BCUT2D eigenvalue weighted by molar-refractivity contribution is -0.122. The summed E-state index contributed by atoms with van der Waals surface area (Å²) >= 11 is 0. The Hall–Kier alpha value is -0.610. The molecule has 2 N–H and O–H groups in total. The smallest absolute Gasteiger partial charge is 0.221 e. The van der Waals surface area contributed by atoms with Gasteiger partial charge in [-0.25, -0.2) is 5.32 Å².